The van der Waals surface area contributed by atoms with Gasteiger partial charge in [-0.1, -0.05) is 0 Å². The molecule has 1 aromatic rings. The molecule has 0 aliphatic carbocycles. The van der Waals surface area contributed by atoms with Crippen molar-refractivity contribution in [2.24, 2.45) is 0 Å². The molecule has 1 aliphatic heterocycles. The second-order valence-electron chi connectivity index (χ2n) is 5.94. The van der Waals surface area contributed by atoms with E-state index in [2.05, 4.69) is 14.7 Å². The lowest BCUT2D eigenvalue weighted by atomic mass is 10.1. The molecule has 2 rings (SSSR count). The van der Waals surface area contributed by atoms with Crippen molar-refractivity contribution in [1.82, 2.24) is 14.9 Å². The fourth-order valence-electron chi connectivity index (χ4n) is 2.08. The van der Waals surface area contributed by atoms with Gasteiger partial charge in [0.25, 0.3) is 0 Å². The maximum Gasteiger partial charge on any atom is 0.410 e. The topological polar surface area (TPSA) is 102 Å². The summed E-state index contributed by atoms with van der Waals surface area (Å²) < 4.78 is 9.85. The van der Waals surface area contributed by atoms with E-state index in [9.17, 15) is 14.7 Å². The first-order valence-electron chi connectivity index (χ1n) is 6.86. The Labute approximate surface area is 128 Å². The standard InChI is InChI=1S/C14H19N3O5/c1-14(2,3)22-13(20)17-6-5-8-9(7-17)15-10(12(19)21-4)16-11(8)18/h5-7H2,1-4H3,(H,15,16,18). The average molecular weight is 309 g/mol. The summed E-state index contributed by atoms with van der Waals surface area (Å²) in [6, 6.07) is 0. The van der Waals surface area contributed by atoms with Gasteiger partial charge in [-0.2, -0.15) is 4.98 Å². The molecule has 0 atom stereocenters. The molecular weight excluding hydrogens is 290 g/mol. The molecule has 1 aliphatic rings. The van der Waals surface area contributed by atoms with Gasteiger partial charge in [0.1, 0.15) is 5.60 Å². The van der Waals surface area contributed by atoms with Crippen LogP contribution in [0.5, 0.6) is 5.88 Å². The highest BCUT2D eigenvalue weighted by Gasteiger charge is 2.29. The van der Waals surface area contributed by atoms with E-state index >= 15 is 0 Å². The van der Waals surface area contributed by atoms with E-state index in [1.54, 1.807) is 20.8 Å². The predicted molar refractivity (Wildman–Crippen MR) is 75.4 cm³/mol. The zero-order chi connectivity index (χ0) is 16.5. The molecule has 2 heterocycles. The van der Waals surface area contributed by atoms with Gasteiger partial charge in [0, 0.05) is 12.1 Å². The molecule has 120 valence electrons. The number of nitrogens with zero attached hydrogens (tertiary/aromatic N) is 3. The summed E-state index contributed by atoms with van der Waals surface area (Å²) in [4.78, 5) is 32.9. The molecule has 0 saturated carbocycles. The zero-order valence-corrected chi connectivity index (χ0v) is 13.0. The largest absolute Gasteiger partial charge is 0.493 e. The highest BCUT2D eigenvalue weighted by molar-refractivity contribution is 5.85. The van der Waals surface area contributed by atoms with Gasteiger partial charge >= 0.3 is 12.1 Å². The molecule has 0 bridgehead atoms. The van der Waals surface area contributed by atoms with Crippen molar-refractivity contribution in [2.45, 2.75) is 39.3 Å². The number of fused-ring (bicyclic) bond motifs is 1. The Morgan fingerprint density at radius 2 is 1.95 bits per heavy atom. The van der Waals surface area contributed by atoms with Crippen LogP contribution in [0.1, 0.15) is 42.6 Å². The lowest BCUT2D eigenvalue weighted by molar-refractivity contribution is 0.0219. The fraction of sp³-hybridized carbons (Fsp3) is 0.571. The van der Waals surface area contributed by atoms with Crippen LogP contribution in [0.2, 0.25) is 0 Å². The van der Waals surface area contributed by atoms with Crippen molar-refractivity contribution >= 4 is 12.1 Å². The third-order valence-corrected chi connectivity index (χ3v) is 3.06. The molecule has 0 spiro atoms. The first-order valence-corrected chi connectivity index (χ1v) is 6.86. The number of hydrogen-bond acceptors (Lipinski definition) is 7. The third-order valence-electron chi connectivity index (χ3n) is 3.06. The lowest BCUT2D eigenvalue weighted by Crippen LogP contribution is -2.40. The van der Waals surface area contributed by atoms with Crippen molar-refractivity contribution in [3.63, 3.8) is 0 Å². The van der Waals surface area contributed by atoms with Crippen LogP contribution in [0, 0.1) is 0 Å². The van der Waals surface area contributed by atoms with Crippen LogP contribution in [0.15, 0.2) is 0 Å². The molecule has 1 aromatic heterocycles. The van der Waals surface area contributed by atoms with Crippen LogP contribution in [-0.4, -0.2) is 51.3 Å². The minimum Gasteiger partial charge on any atom is -0.493 e. The molecule has 0 saturated heterocycles. The number of rotatable bonds is 1. The van der Waals surface area contributed by atoms with Gasteiger partial charge in [-0.15, -0.1) is 0 Å². The van der Waals surface area contributed by atoms with Crippen molar-refractivity contribution < 1.29 is 24.2 Å². The summed E-state index contributed by atoms with van der Waals surface area (Å²) in [7, 11) is 1.20. The molecular formula is C14H19N3O5. The van der Waals surface area contributed by atoms with Gasteiger partial charge in [0.05, 0.1) is 19.3 Å². The minimum absolute atomic E-state index is 0.143. The van der Waals surface area contributed by atoms with Crippen molar-refractivity contribution in [1.29, 1.82) is 0 Å². The summed E-state index contributed by atoms with van der Waals surface area (Å²) >= 11 is 0. The zero-order valence-electron chi connectivity index (χ0n) is 13.0. The minimum atomic E-state index is -0.743. The van der Waals surface area contributed by atoms with E-state index in [0.717, 1.165) is 0 Å². The van der Waals surface area contributed by atoms with Crippen LogP contribution in [0.3, 0.4) is 0 Å². The quantitative estimate of drug-likeness (QED) is 0.779. The Balaban J connectivity index is 2.23. The van der Waals surface area contributed by atoms with Crippen molar-refractivity contribution in [3.8, 4) is 5.88 Å². The Morgan fingerprint density at radius 1 is 1.27 bits per heavy atom. The monoisotopic (exact) mass is 309 g/mol. The third kappa shape index (κ3) is 3.44. The van der Waals surface area contributed by atoms with Crippen LogP contribution in [0.4, 0.5) is 4.79 Å². The van der Waals surface area contributed by atoms with E-state index in [1.807, 2.05) is 0 Å². The van der Waals surface area contributed by atoms with E-state index in [1.165, 1.54) is 12.0 Å². The summed E-state index contributed by atoms with van der Waals surface area (Å²) in [5.74, 6) is -1.23. The number of carbonyl (C=O) groups excluding carboxylic acids is 2. The SMILES string of the molecule is COC(=O)c1nc(O)c2c(n1)CN(C(=O)OC(C)(C)C)CC2. The Hall–Kier alpha value is -2.38. The second-order valence-corrected chi connectivity index (χ2v) is 5.94. The van der Waals surface area contributed by atoms with Gasteiger partial charge in [-0.3, -0.25) is 0 Å². The number of esters is 1. The van der Waals surface area contributed by atoms with E-state index in [-0.39, 0.29) is 18.2 Å². The first-order chi connectivity index (χ1) is 10.2. The summed E-state index contributed by atoms with van der Waals surface area (Å²) in [6.45, 7) is 5.88. The summed E-state index contributed by atoms with van der Waals surface area (Å²) in [5.41, 5.74) is 0.361. The molecule has 0 radical (unpaired) electrons. The van der Waals surface area contributed by atoms with Gasteiger partial charge in [0.15, 0.2) is 0 Å². The Morgan fingerprint density at radius 3 is 2.55 bits per heavy atom. The molecule has 22 heavy (non-hydrogen) atoms. The number of ether oxygens (including phenoxy) is 2. The van der Waals surface area contributed by atoms with Crippen LogP contribution in [-0.2, 0) is 22.4 Å². The van der Waals surface area contributed by atoms with E-state index in [4.69, 9.17) is 4.74 Å². The maximum atomic E-state index is 12.1. The molecule has 0 fully saturated rings. The number of hydrogen-bond donors (Lipinski definition) is 1. The molecule has 8 heteroatoms. The Kier molecular flexibility index (Phi) is 4.20. The number of carbonyl (C=O) groups is 2. The fourth-order valence-corrected chi connectivity index (χ4v) is 2.08. The van der Waals surface area contributed by atoms with Gasteiger partial charge < -0.3 is 19.5 Å². The van der Waals surface area contributed by atoms with Gasteiger partial charge in [-0.05, 0) is 27.2 Å². The molecule has 1 N–H and O–H groups in total. The number of amides is 1. The van der Waals surface area contributed by atoms with Crippen LogP contribution < -0.4 is 0 Å². The van der Waals surface area contributed by atoms with Crippen LogP contribution in [0.25, 0.3) is 0 Å². The molecule has 1 amide bonds. The van der Waals surface area contributed by atoms with Crippen molar-refractivity contribution in [3.05, 3.63) is 17.1 Å². The van der Waals surface area contributed by atoms with Crippen molar-refractivity contribution in [2.75, 3.05) is 13.7 Å². The van der Waals surface area contributed by atoms with Gasteiger partial charge in [0.2, 0.25) is 11.7 Å². The maximum absolute atomic E-state index is 12.1. The normalized spacial score (nSPS) is 14.3. The second kappa shape index (κ2) is 5.78. The molecule has 0 aromatic carbocycles. The molecule has 0 unspecified atom stereocenters. The summed E-state index contributed by atoms with van der Waals surface area (Å²) in [5, 5.41) is 9.90. The average Bonchev–Trinajstić information content (AvgIpc) is 2.43. The predicted octanol–water partition coefficient (Wildman–Crippen LogP) is 1.26. The Bertz CT molecular complexity index is 609. The highest BCUT2D eigenvalue weighted by atomic mass is 16.6. The lowest BCUT2D eigenvalue weighted by Gasteiger charge is -2.30. The van der Waals surface area contributed by atoms with E-state index in [0.29, 0.717) is 24.2 Å². The summed E-state index contributed by atoms with van der Waals surface area (Å²) in [6.07, 6.45) is -0.0714. The van der Waals surface area contributed by atoms with Crippen LogP contribution >= 0.6 is 0 Å². The molecule has 8 nitrogen and oxygen atoms in total. The number of aromatic hydroxyl groups is 1. The number of methoxy groups -OCH3 is 1. The first kappa shape index (κ1) is 16.0. The smallest absolute Gasteiger partial charge is 0.410 e. The number of aromatic nitrogens is 2. The van der Waals surface area contributed by atoms with E-state index < -0.39 is 17.7 Å². The van der Waals surface area contributed by atoms with Gasteiger partial charge in [-0.25, -0.2) is 14.6 Å². The highest BCUT2D eigenvalue weighted by Crippen LogP contribution is 2.25.